The molecule has 178 valence electrons. The first-order valence-electron chi connectivity index (χ1n) is 11.3. The highest BCUT2D eigenvalue weighted by Gasteiger charge is 2.39. The molecule has 3 rings (SSSR count). The summed E-state index contributed by atoms with van der Waals surface area (Å²) in [6.45, 7) is 4.81. The molecule has 2 amide bonds. The molecule has 2 aromatic rings. The molecule has 2 atom stereocenters. The van der Waals surface area contributed by atoms with Crippen molar-refractivity contribution in [3.8, 4) is 0 Å². The van der Waals surface area contributed by atoms with Crippen LogP contribution in [0, 0.1) is 11.7 Å². The van der Waals surface area contributed by atoms with E-state index in [2.05, 4.69) is 12.2 Å². The van der Waals surface area contributed by atoms with Gasteiger partial charge in [-0.3, -0.25) is 9.59 Å². The van der Waals surface area contributed by atoms with Crippen molar-refractivity contribution >= 4 is 52.6 Å². The standard InChI is InChI=1S/C25H30ClFN2O2S2/c1-3-4-13-32-14-7-12-28-24(30)17(2)23-25(31)29(21-8-5-6-9-22(21)33-23)16-18-10-11-19(27)15-20(18)26/h5-6,8-11,15,17,23H,3-4,7,12-14,16H2,1-2H3,(H,28,30)/t17-,23-/m1/s1. The van der Waals surface area contributed by atoms with Gasteiger partial charge in [0.15, 0.2) is 0 Å². The molecule has 1 N–H and O–H groups in total. The average Bonchev–Trinajstić information content (AvgIpc) is 2.81. The van der Waals surface area contributed by atoms with Crippen LogP contribution in [0.4, 0.5) is 10.1 Å². The van der Waals surface area contributed by atoms with E-state index in [0.717, 1.165) is 28.5 Å². The topological polar surface area (TPSA) is 49.4 Å². The normalized spacial score (nSPS) is 16.4. The second-order valence-electron chi connectivity index (χ2n) is 8.07. The van der Waals surface area contributed by atoms with E-state index in [1.807, 2.05) is 36.0 Å². The molecule has 1 aliphatic rings. The number of para-hydroxylation sites is 1. The fourth-order valence-corrected chi connectivity index (χ4v) is 6.13. The van der Waals surface area contributed by atoms with Crippen LogP contribution in [-0.4, -0.2) is 35.1 Å². The zero-order chi connectivity index (χ0) is 23.8. The molecule has 0 bridgehead atoms. The predicted molar refractivity (Wildman–Crippen MR) is 138 cm³/mol. The maximum atomic E-state index is 13.5. The Morgan fingerprint density at radius 3 is 2.76 bits per heavy atom. The number of nitrogens with zero attached hydrogens (tertiary/aromatic N) is 1. The molecule has 4 nitrogen and oxygen atoms in total. The lowest BCUT2D eigenvalue weighted by Gasteiger charge is -2.36. The van der Waals surface area contributed by atoms with E-state index in [1.54, 1.807) is 17.9 Å². The summed E-state index contributed by atoms with van der Waals surface area (Å²) in [5.74, 6) is 1.01. The van der Waals surface area contributed by atoms with Crippen LogP contribution in [0.5, 0.6) is 0 Å². The monoisotopic (exact) mass is 508 g/mol. The summed E-state index contributed by atoms with van der Waals surface area (Å²) in [6, 6.07) is 11.8. The van der Waals surface area contributed by atoms with Crippen LogP contribution in [-0.2, 0) is 16.1 Å². The number of amides is 2. The Labute approximate surface area is 209 Å². The van der Waals surface area contributed by atoms with E-state index < -0.39 is 17.0 Å². The van der Waals surface area contributed by atoms with Crippen molar-refractivity contribution in [2.24, 2.45) is 5.92 Å². The summed E-state index contributed by atoms with van der Waals surface area (Å²) in [5, 5.41) is 2.73. The fraction of sp³-hybridized carbons (Fsp3) is 0.440. The largest absolute Gasteiger partial charge is 0.356 e. The van der Waals surface area contributed by atoms with Crippen molar-refractivity contribution < 1.29 is 14.0 Å². The molecule has 0 unspecified atom stereocenters. The number of hydrogen-bond acceptors (Lipinski definition) is 4. The molecule has 0 spiro atoms. The van der Waals surface area contributed by atoms with Crippen LogP contribution in [0.3, 0.4) is 0 Å². The van der Waals surface area contributed by atoms with Gasteiger partial charge in [0.05, 0.1) is 18.2 Å². The third-order valence-electron chi connectivity index (χ3n) is 5.54. The van der Waals surface area contributed by atoms with Crippen molar-refractivity contribution in [3.05, 3.63) is 58.9 Å². The van der Waals surface area contributed by atoms with Gasteiger partial charge in [0.1, 0.15) is 11.1 Å². The minimum absolute atomic E-state index is 0.112. The maximum absolute atomic E-state index is 13.5. The SMILES string of the molecule is CCCCSCCCNC(=O)[C@H](C)[C@H]1Sc2ccccc2N(Cc2ccc(F)cc2Cl)C1=O. The predicted octanol–water partition coefficient (Wildman–Crippen LogP) is 6.16. The molecular weight excluding hydrogens is 479 g/mol. The van der Waals surface area contributed by atoms with Crippen LogP contribution in [0.2, 0.25) is 5.02 Å². The molecule has 1 heterocycles. The molecule has 0 fully saturated rings. The zero-order valence-electron chi connectivity index (χ0n) is 19.0. The van der Waals surface area contributed by atoms with Crippen LogP contribution < -0.4 is 10.2 Å². The Morgan fingerprint density at radius 1 is 1.24 bits per heavy atom. The Balaban J connectivity index is 1.68. The molecular formula is C25H30ClFN2O2S2. The number of fused-ring (bicyclic) bond motifs is 1. The second kappa shape index (κ2) is 12.7. The Morgan fingerprint density at radius 2 is 2.00 bits per heavy atom. The van der Waals surface area contributed by atoms with Crippen molar-refractivity contribution in [2.75, 3.05) is 23.0 Å². The van der Waals surface area contributed by atoms with Gasteiger partial charge in [-0.15, -0.1) is 11.8 Å². The van der Waals surface area contributed by atoms with Crippen molar-refractivity contribution in [1.29, 1.82) is 0 Å². The number of thioether (sulfide) groups is 2. The first-order chi connectivity index (χ1) is 15.9. The van der Waals surface area contributed by atoms with Crippen LogP contribution in [0.25, 0.3) is 0 Å². The Hall–Kier alpha value is -1.70. The van der Waals surface area contributed by atoms with E-state index >= 15 is 0 Å². The van der Waals surface area contributed by atoms with Gasteiger partial charge in [-0.1, -0.05) is 50.1 Å². The number of carbonyl (C=O) groups is 2. The highest BCUT2D eigenvalue weighted by Crippen LogP contribution is 2.42. The van der Waals surface area contributed by atoms with Crippen molar-refractivity contribution in [2.45, 2.75) is 49.8 Å². The first kappa shape index (κ1) is 25.9. The molecule has 0 aliphatic carbocycles. The summed E-state index contributed by atoms with van der Waals surface area (Å²) in [4.78, 5) is 28.9. The summed E-state index contributed by atoms with van der Waals surface area (Å²) in [6.07, 6.45) is 3.33. The summed E-state index contributed by atoms with van der Waals surface area (Å²) >= 11 is 9.57. The number of benzene rings is 2. The molecule has 8 heteroatoms. The van der Waals surface area contributed by atoms with E-state index in [9.17, 15) is 14.0 Å². The number of rotatable bonds is 11. The van der Waals surface area contributed by atoms with Gasteiger partial charge in [-0.05, 0) is 54.2 Å². The van der Waals surface area contributed by atoms with Gasteiger partial charge in [-0.2, -0.15) is 11.8 Å². The van der Waals surface area contributed by atoms with E-state index in [0.29, 0.717) is 12.1 Å². The lowest BCUT2D eigenvalue weighted by molar-refractivity contribution is -0.128. The van der Waals surface area contributed by atoms with E-state index in [1.165, 1.54) is 36.7 Å². The zero-order valence-corrected chi connectivity index (χ0v) is 21.4. The van der Waals surface area contributed by atoms with E-state index in [4.69, 9.17) is 11.6 Å². The first-order valence-corrected chi connectivity index (χ1v) is 13.7. The highest BCUT2D eigenvalue weighted by atomic mass is 35.5. The minimum Gasteiger partial charge on any atom is -0.356 e. The van der Waals surface area contributed by atoms with Gasteiger partial charge >= 0.3 is 0 Å². The number of halogens is 2. The van der Waals surface area contributed by atoms with Crippen LogP contribution in [0.15, 0.2) is 47.4 Å². The lowest BCUT2D eigenvalue weighted by atomic mass is 10.0. The molecule has 33 heavy (non-hydrogen) atoms. The van der Waals surface area contributed by atoms with Crippen LogP contribution >= 0.6 is 35.1 Å². The molecule has 0 aromatic heterocycles. The average molecular weight is 509 g/mol. The van der Waals surface area contributed by atoms with Gasteiger partial charge in [0, 0.05) is 16.5 Å². The number of hydrogen-bond donors (Lipinski definition) is 1. The number of anilines is 1. The Kier molecular flexibility index (Phi) is 9.95. The summed E-state index contributed by atoms with van der Waals surface area (Å²) in [7, 11) is 0. The smallest absolute Gasteiger partial charge is 0.241 e. The van der Waals surface area contributed by atoms with Crippen molar-refractivity contribution in [3.63, 3.8) is 0 Å². The number of unbranched alkanes of at least 4 members (excludes halogenated alkanes) is 1. The van der Waals surface area contributed by atoms with Crippen molar-refractivity contribution in [1.82, 2.24) is 5.32 Å². The van der Waals surface area contributed by atoms with E-state index in [-0.39, 0.29) is 23.4 Å². The number of carbonyl (C=O) groups excluding carboxylic acids is 2. The molecule has 0 saturated carbocycles. The highest BCUT2D eigenvalue weighted by molar-refractivity contribution is 8.01. The molecule has 1 aliphatic heterocycles. The molecule has 0 saturated heterocycles. The van der Waals surface area contributed by atoms with Gasteiger partial charge in [-0.25, -0.2) is 4.39 Å². The summed E-state index contributed by atoms with van der Waals surface area (Å²) < 4.78 is 13.5. The molecule has 2 aromatic carbocycles. The van der Waals surface area contributed by atoms with Gasteiger partial charge in [0.2, 0.25) is 11.8 Å². The summed E-state index contributed by atoms with van der Waals surface area (Å²) in [5.41, 5.74) is 1.44. The fourth-order valence-electron chi connectivity index (χ4n) is 3.57. The lowest BCUT2D eigenvalue weighted by Crippen LogP contribution is -2.47. The van der Waals surface area contributed by atoms with Gasteiger partial charge in [0.25, 0.3) is 0 Å². The maximum Gasteiger partial charge on any atom is 0.241 e. The van der Waals surface area contributed by atoms with Crippen LogP contribution in [0.1, 0.15) is 38.7 Å². The molecule has 0 radical (unpaired) electrons. The minimum atomic E-state index is -0.543. The third kappa shape index (κ3) is 6.90. The Bertz CT molecular complexity index is 975. The quantitative estimate of drug-likeness (QED) is 0.369. The second-order valence-corrected chi connectivity index (χ2v) is 10.9. The third-order valence-corrected chi connectivity index (χ3v) is 8.51. The number of nitrogens with one attached hydrogen (secondary N) is 1. The van der Waals surface area contributed by atoms with Gasteiger partial charge < -0.3 is 10.2 Å².